The van der Waals surface area contributed by atoms with E-state index in [1.165, 1.54) is 26.1 Å². The second-order valence-electron chi connectivity index (χ2n) is 5.98. The van der Waals surface area contributed by atoms with E-state index in [4.69, 9.17) is 4.74 Å². The molecule has 0 radical (unpaired) electrons. The van der Waals surface area contributed by atoms with Gasteiger partial charge in [0.25, 0.3) is 0 Å². The lowest BCUT2D eigenvalue weighted by atomic mass is 9.89. The Morgan fingerprint density at radius 3 is 2.59 bits per heavy atom. The van der Waals surface area contributed by atoms with Crippen molar-refractivity contribution < 1.29 is 13.2 Å². The summed E-state index contributed by atoms with van der Waals surface area (Å²) in [7, 11) is -1.93. The normalized spacial score (nSPS) is 24.5. The Labute approximate surface area is 131 Å². The van der Waals surface area contributed by atoms with Crippen LogP contribution in [-0.2, 0) is 10.0 Å². The van der Waals surface area contributed by atoms with Gasteiger partial charge in [0.2, 0.25) is 15.9 Å². The summed E-state index contributed by atoms with van der Waals surface area (Å²) < 4.78 is 31.8. The third kappa shape index (κ3) is 3.11. The molecule has 1 unspecified atom stereocenters. The van der Waals surface area contributed by atoms with Gasteiger partial charge in [0.1, 0.15) is 4.90 Å². The third-order valence-corrected chi connectivity index (χ3v) is 6.60. The van der Waals surface area contributed by atoms with Crippen LogP contribution >= 0.6 is 0 Å². The van der Waals surface area contributed by atoms with Crippen molar-refractivity contribution >= 4 is 10.0 Å². The van der Waals surface area contributed by atoms with Gasteiger partial charge in [0.05, 0.1) is 13.3 Å². The zero-order valence-corrected chi connectivity index (χ0v) is 13.7. The van der Waals surface area contributed by atoms with Gasteiger partial charge in [-0.3, -0.25) is 0 Å². The molecule has 1 aromatic rings. The molecule has 0 aromatic carbocycles. The molecule has 2 saturated heterocycles. The van der Waals surface area contributed by atoms with Crippen LogP contribution < -0.4 is 10.1 Å². The summed E-state index contributed by atoms with van der Waals surface area (Å²) in [6, 6.07) is 3.72. The average molecular weight is 325 g/mol. The number of methoxy groups -OCH3 is 1. The lowest BCUT2D eigenvalue weighted by Gasteiger charge is -2.34. The summed E-state index contributed by atoms with van der Waals surface area (Å²) in [6.45, 7) is 2.29. The second kappa shape index (κ2) is 6.52. The quantitative estimate of drug-likeness (QED) is 0.902. The highest BCUT2D eigenvalue weighted by Gasteiger charge is 2.33. The molecule has 6 nitrogen and oxygen atoms in total. The Hall–Kier alpha value is -1.18. The number of sulfonamides is 1. The first kappa shape index (κ1) is 15.7. The lowest BCUT2D eigenvalue weighted by molar-refractivity contribution is 0.234. The zero-order chi connectivity index (χ0) is 15.6. The highest BCUT2D eigenvalue weighted by molar-refractivity contribution is 7.89. The predicted molar refractivity (Wildman–Crippen MR) is 83.3 cm³/mol. The van der Waals surface area contributed by atoms with Gasteiger partial charge in [-0.1, -0.05) is 0 Å². The summed E-state index contributed by atoms with van der Waals surface area (Å²) in [5.74, 6) is 1.02. The van der Waals surface area contributed by atoms with Crippen molar-refractivity contribution in [3.8, 4) is 5.88 Å². The molecule has 2 aliphatic rings. The maximum Gasteiger partial charge on any atom is 0.244 e. The number of pyridine rings is 1. The fraction of sp³-hybridized carbons (Fsp3) is 0.667. The number of rotatable bonds is 4. The molecule has 3 heterocycles. The summed E-state index contributed by atoms with van der Waals surface area (Å²) in [5, 5.41) is 3.53. The molecule has 3 rings (SSSR count). The van der Waals surface area contributed by atoms with Crippen LogP contribution in [0.25, 0.3) is 0 Å². The molecule has 122 valence electrons. The number of nitrogens with one attached hydrogen (secondary N) is 1. The van der Waals surface area contributed by atoms with Crippen molar-refractivity contribution in [2.75, 3.05) is 26.7 Å². The van der Waals surface area contributed by atoms with E-state index in [2.05, 4.69) is 10.3 Å². The van der Waals surface area contributed by atoms with Crippen molar-refractivity contribution in [3.63, 3.8) is 0 Å². The van der Waals surface area contributed by atoms with Gasteiger partial charge >= 0.3 is 0 Å². The van der Waals surface area contributed by atoms with E-state index in [1.54, 1.807) is 16.4 Å². The molecule has 0 amide bonds. The Kier molecular flexibility index (Phi) is 4.65. The second-order valence-corrected chi connectivity index (χ2v) is 7.92. The smallest absolute Gasteiger partial charge is 0.244 e. The summed E-state index contributed by atoms with van der Waals surface area (Å²) in [6.07, 6.45) is 5.69. The van der Waals surface area contributed by atoms with Crippen LogP contribution in [0, 0.1) is 5.92 Å². The molecule has 1 aromatic heterocycles. The van der Waals surface area contributed by atoms with Crippen LogP contribution in [-0.4, -0.2) is 50.5 Å². The number of piperidine rings is 1. The number of hydrogen-bond donors (Lipinski definition) is 1. The van der Waals surface area contributed by atoms with E-state index in [0.717, 1.165) is 19.4 Å². The predicted octanol–water partition coefficient (Wildman–Crippen LogP) is 1.24. The van der Waals surface area contributed by atoms with Gasteiger partial charge in [-0.05, 0) is 44.2 Å². The van der Waals surface area contributed by atoms with Gasteiger partial charge in [-0.25, -0.2) is 13.4 Å². The Bertz CT molecular complexity index is 589. The monoisotopic (exact) mass is 325 g/mol. The highest BCUT2D eigenvalue weighted by atomic mass is 32.2. The van der Waals surface area contributed by atoms with E-state index in [-0.39, 0.29) is 4.90 Å². The zero-order valence-electron chi connectivity index (χ0n) is 12.9. The van der Waals surface area contributed by atoms with Gasteiger partial charge in [-0.15, -0.1) is 0 Å². The van der Waals surface area contributed by atoms with Crippen molar-refractivity contribution in [2.24, 2.45) is 5.92 Å². The van der Waals surface area contributed by atoms with Gasteiger partial charge in [0.15, 0.2) is 0 Å². The van der Waals surface area contributed by atoms with E-state index in [9.17, 15) is 8.42 Å². The average Bonchev–Trinajstić information content (AvgIpc) is 3.09. The number of nitrogens with zero attached hydrogens (tertiary/aromatic N) is 2. The highest BCUT2D eigenvalue weighted by Crippen LogP contribution is 2.28. The molecule has 0 aliphatic carbocycles. The molecular weight excluding hydrogens is 302 g/mol. The van der Waals surface area contributed by atoms with Crippen LogP contribution in [0.3, 0.4) is 0 Å². The van der Waals surface area contributed by atoms with Crippen molar-refractivity contribution in [3.05, 3.63) is 18.3 Å². The maximum atomic E-state index is 12.6. The first-order chi connectivity index (χ1) is 10.6. The fourth-order valence-electron chi connectivity index (χ4n) is 3.42. The van der Waals surface area contributed by atoms with Crippen LogP contribution in [0.1, 0.15) is 25.7 Å². The minimum Gasteiger partial charge on any atom is -0.481 e. The van der Waals surface area contributed by atoms with Crippen LogP contribution in [0.4, 0.5) is 0 Å². The summed E-state index contributed by atoms with van der Waals surface area (Å²) >= 11 is 0. The first-order valence-electron chi connectivity index (χ1n) is 7.85. The molecule has 2 aliphatic heterocycles. The van der Waals surface area contributed by atoms with Crippen molar-refractivity contribution in [1.82, 2.24) is 14.6 Å². The van der Waals surface area contributed by atoms with E-state index < -0.39 is 10.0 Å². The minimum atomic E-state index is -3.44. The van der Waals surface area contributed by atoms with Gasteiger partial charge in [-0.2, -0.15) is 4.31 Å². The largest absolute Gasteiger partial charge is 0.481 e. The van der Waals surface area contributed by atoms with Gasteiger partial charge in [0, 0.05) is 25.2 Å². The molecular formula is C15H23N3O3S. The van der Waals surface area contributed by atoms with Gasteiger partial charge < -0.3 is 10.1 Å². The summed E-state index contributed by atoms with van der Waals surface area (Å²) in [4.78, 5) is 4.24. The van der Waals surface area contributed by atoms with Crippen LogP contribution in [0.2, 0.25) is 0 Å². The molecule has 0 saturated carbocycles. The molecule has 7 heteroatoms. The minimum absolute atomic E-state index is 0.241. The SMILES string of the molecule is COc1ccc(S(=O)(=O)N2CCC(C3CCCN3)CC2)cn1. The van der Waals surface area contributed by atoms with Crippen molar-refractivity contribution in [1.29, 1.82) is 0 Å². The lowest BCUT2D eigenvalue weighted by Crippen LogP contribution is -2.43. The molecule has 1 N–H and O–H groups in total. The number of ether oxygens (including phenoxy) is 1. The molecule has 1 atom stereocenters. The third-order valence-electron chi connectivity index (χ3n) is 4.72. The molecule has 2 fully saturated rings. The number of aromatic nitrogens is 1. The Morgan fingerprint density at radius 1 is 1.27 bits per heavy atom. The Morgan fingerprint density at radius 2 is 2.05 bits per heavy atom. The van der Waals surface area contributed by atoms with E-state index >= 15 is 0 Å². The Balaban J connectivity index is 1.65. The van der Waals surface area contributed by atoms with Crippen LogP contribution in [0.15, 0.2) is 23.2 Å². The number of hydrogen-bond acceptors (Lipinski definition) is 5. The first-order valence-corrected chi connectivity index (χ1v) is 9.29. The molecule has 0 bridgehead atoms. The maximum absolute atomic E-state index is 12.6. The van der Waals surface area contributed by atoms with E-state index in [0.29, 0.717) is 30.9 Å². The van der Waals surface area contributed by atoms with Crippen LogP contribution in [0.5, 0.6) is 5.88 Å². The summed E-state index contributed by atoms with van der Waals surface area (Å²) in [5.41, 5.74) is 0. The standard InChI is InChI=1S/C15H23N3O3S/c1-21-15-5-4-13(11-17-15)22(19,20)18-9-6-12(7-10-18)14-3-2-8-16-14/h4-5,11-12,14,16H,2-3,6-10H2,1H3. The molecule has 22 heavy (non-hydrogen) atoms. The molecule has 0 spiro atoms. The fourth-order valence-corrected chi connectivity index (χ4v) is 4.84. The van der Waals surface area contributed by atoms with Crippen molar-refractivity contribution in [2.45, 2.75) is 36.6 Å². The topological polar surface area (TPSA) is 71.5 Å². The van der Waals surface area contributed by atoms with E-state index in [1.807, 2.05) is 0 Å².